The molecule has 0 saturated heterocycles. The topological polar surface area (TPSA) is 64.4 Å². The maximum atomic E-state index is 11.1. The zero-order chi connectivity index (χ0) is 15.4. The van der Waals surface area contributed by atoms with Gasteiger partial charge in [0.05, 0.1) is 4.92 Å². The molecule has 0 heterocycles. The molecule has 7 heteroatoms. The molecule has 2 rings (SSSR count). The number of nitrogens with one attached hydrogen (secondary N) is 1. The number of nitro benzene ring substituents is 1. The monoisotopic (exact) mass is 370 g/mol. The Labute approximate surface area is 135 Å². The van der Waals surface area contributed by atoms with Crippen LogP contribution in [0, 0.1) is 10.1 Å². The van der Waals surface area contributed by atoms with Crippen molar-refractivity contribution in [3.05, 3.63) is 61.6 Å². The second kappa shape index (κ2) is 6.89. The summed E-state index contributed by atoms with van der Waals surface area (Å²) in [6, 6.07) is 9.84. The molecule has 5 nitrogen and oxygen atoms in total. The fraction of sp³-hybridized carbons (Fsp3) is 0.143. The van der Waals surface area contributed by atoms with E-state index in [9.17, 15) is 10.1 Å². The van der Waals surface area contributed by atoms with Crippen LogP contribution in [0.15, 0.2) is 40.9 Å². The third kappa shape index (κ3) is 3.72. The molecule has 0 aliphatic heterocycles. The Hall–Kier alpha value is -1.63. The molecule has 0 spiro atoms. The molecule has 0 atom stereocenters. The second-order valence-corrected chi connectivity index (χ2v) is 5.54. The zero-order valence-corrected chi connectivity index (χ0v) is 13.4. The van der Waals surface area contributed by atoms with Crippen LogP contribution in [0.3, 0.4) is 0 Å². The van der Waals surface area contributed by atoms with Crippen LogP contribution in [0.2, 0.25) is 5.02 Å². The lowest BCUT2D eigenvalue weighted by molar-refractivity contribution is -0.385. The van der Waals surface area contributed by atoms with E-state index in [1.807, 2.05) is 0 Å². The van der Waals surface area contributed by atoms with E-state index in [1.165, 1.54) is 6.07 Å². The van der Waals surface area contributed by atoms with E-state index < -0.39 is 4.92 Å². The van der Waals surface area contributed by atoms with Crippen LogP contribution in [0.25, 0.3) is 0 Å². The van der Waals surface area contributed by atoms with Gasteiger partial charge >= 0.3 is 5.69 Å². The average molecular weight is 372 g/mol. The molecule has 0 unspecified atom stereocenters. The number of nitrogens with zero attached hydrogens (tertiary/aromatic N) is 1. The van der Waals surface area contributed by atoms with E-state index in [2.05, 4.69) is 21.2 Å². The summed E-state index contributed by atoms with van der Waals surface area (Å²) in [6.45, 7) is 0.499. The highest BCUT2D eigenvalue weighted by Crippen LogP contribution is 2.36. The summed E-state index contributed by atoms with van der Waals surface area (Å²) >= 11 is 9.35. The van der Waals surface area contributed by atoms with E-state index in [4.69, 9.17) is 16.3 Å². The Kier molecular flexibility index (Phi) is 5.17. The summed E-state index contributed by atoms with van der Waals surface area (Å²) in [7, 11) is 1.79. The van der Waals surface area contributed by atoms with E-state index in [-0.39, 0.29) is 11.4 Å². The van der Waals surface area contributed by atoms with Crippen molar-refractivity contribution in [1.82, 2.24) is 5.32 Å². The van der Waals surface area contributed by atoms with Crippen LogP contribution >= 0.6 is 27.5 Å². The Balaban J connectivity index is 2.43. The summed E-state index contributed by atoms with van der Waals surface area (Å²) in [5, 5.41) is 14.6. The summed E-state index contributed by atoms with van der Waals surface area (Å²) in [5.74, 6) is 0.657. The molecule has 1 N–H and O–H groups in total. The summed E-state index contributed by atoms with van der Waals surface area (Å²) in [4.78, 5) is 10.6. The molecule has 0 radical (unpaired) electrons. The molecular weight excluding hydrogens is 360 g/mol. The van der Waals surface area contributed by atoms with Gasteiger partial charge in [0.25, 0.3) is 0 Å². The van der Waals surface area contributed by atoms with E-state index in [0.717, 1.165) is 5.56 Å². The lowest BCUT2D eigenvalue weighted by atomic mass is 10.2. The first kappa shape index (κ1) is 15.8. The number of hydrogen-bond acceptors (Lipinski definition) is 4. The number of rotatable bonds is 5. The minimum Gasteiger partial charge on any atom is -0.450 e. The van der Waals surface area contributed by atoms with Gasteiger partial charge in [-0.2, -0.15) is 0 Å². The number of hydrogen-bond donors (Lipinski definition) is 1. The SMILES string of the molecule is CNCc1c(Cl)cccc1Oc1ccc(Br)cc1[N+](=O)[O-]. The number of ether oxygens (including phenoxy) is 1. The van der Waals surface area contributed by atoms with E-state index in [1.54, 1.807) is 37.4 Å². The van der Waals surface area contributed by atoms with Gasteiger partial charge in [0, 0.05) is 27.7 Å². The third-order valence-electron chi connectivity index (χ3n) is 2.77. The number of benzene rings is 2. The van der Waals surface area contributed by atoms with Gasteiger partial charge in [-0.15, -0.1) is 0 Å². The van der Waals surface area contributed by atoms with Crippen LogP contribution in [0.1, 0.15) is 5.56 Å². The highest BCUT2D eigenvalue weighted by Gasteiger charge is 2.18. The predicted molar refractivity (Wildman–Crippen MR) is 85.1 cm³/mol. The average Bonchev–Trinajstić information content (AvgIpc) is 2.44. The molecule has 110 valence electrons. The van der Waals surface area contributed by atoms with Crippen molar-refractivity contribution in [2.45, 2.75) is 6.54 Å². The molecule has 2 aromatic carbocycles. The van der Waals surface area contributed by atoms with Crippen molar-refractivity contribution < 1.29 is 9.66 Å². The largest absolute Gasteiger partial charge is 0.450 e. The van der Waals surface area contributed by atoms with E-state index in [0.29, 0.717) is 21.8 Å². The Bertz CT molecular complexity index is 679. The zero-order valence-electron chi connectivity index (χ0n) is 11.1. The summed E-state index contributed by atoms with van der Waals surface area (Å²) in [5.41, 5.74) is 0.638. The number of nitro groups is 1. The lowest BCUT2D eigenvalue weighted by Crippen LogP contribution is -2.07. The molecular formula is C14H12BrClN2O3. The molecule has 0 bridgehead atoms. The Morgan fingerprint density at radius 2 is 2.10 bits per heavy atom. The van der Waals surface area contributed by atoms with Crippen molar-refractivity contribution in [3.63, 3.8) is 0 Å². The van der Waals surface area contributed by atoms with Gasteiger partial charge in [-0.05, 0) is 31.3 Å². The summed E-state index contributed by atoms with van der Waals surface area (Å²) < 4.78 is 6.32. The van der Waals surface area contributed by atoms with Crippen LogP contribution in [0.4, 0.5) is 5.69 Å². The second-order valence-electron chi connectivity index (χ2n) is 4.22. The molecule has 0 saturated carbocycles. The Morgan fingerprint density at radius 3 is 2.76 bits per heavy atom. The Morgan fingerprint density at radius 1 is 1.33 bits per heavy atom. The van der Waals surface area contributed by atoms with Crippen molar-refractivity contribution in [1.29, 1.82) is 0 Å². The molecule has 0 aliphatic rings. The van der Waals surface area contributed by atoms with Crippen molar-refractivity contribution in [3.8, 4) is 11.5 Å². The van der Waals surface area contributed by atoms with Crippen molar-refractivity contribution >= 4 is 33.2 Å². The molecule has 2 aromatic rings. The first-order chi connectivity index (χ1) is 10.0. The van der Waals surface area contributed by atoms with Gasteiger partial charge in [0.1, 0.15) is 5.75 Å². The third-order valence-corrected chi connectivity index (χ3v) is 3.61. The van der Waals surface area contributed by atoms with Crippen LogP contribution in [0.5, 0.6) is 11.5 Å². The summed E-state index contributed by atoms with van der Waals surface area (Å²) in [6.07, 6.45) is 0. The lowest BCUT2D eigenvalue weighted by Gasteiger charge is -2.12. The van der Waals surface area contributed by atoms with E-state index >= 15 is 0 Å². The minimum atomic E-state index is -0.484. The fourth-order valence-electron chi connectivity index (χ4n) is 1.82. The van der Waals surface area contributed by atoms with Gasteiger partial charge < -0.3 is 10.1 Å². The van der Waals surface area contributed by atoms with Gasteiger partial charge in [0.15, 0.2) is 0 Å². The maximum Gasteiger partial charge on any atom is 0.312 e. The van der Waals surface area contributed by atoms with Gasteiger partial charge in [0.2, 0.25) is 5.75 Å². The highest BCUT2D eigenvalue weighted by atomic mass is 79.9. The van der Waals surface area contributed by atoms with Crippen LogP contribution in [-0.2, 0) is 6.54 Å². The van der Waals surface area contributed by atoms with Crippen LogP contribution in [-0.4, -0.2) is 12.0 Å². The molecule has 0 fully saturated rings. The molecule has 0 aromatic heterocycles. The van der Waals surface area contributed by atoms with Gasteiger partial charge in [-0.1, -0.05) is 33.6 Å². The minimum absolute atomic E-state index is 0.111. The van der Waals surface area contributed by atoms with Gasteiger partial charge in [-0.25, -0.2) is 0 Å². The maximum absolute atomic E-state index is 11.1. The molecule has 0 aliphatic carbocycles. The quantitative estimate of drug-likeness (QED) is 0.620. The normalized spacial score (nSPS) is 10.4. The smallest absolute Gasteiger partial charge is 0.312 e. The first-order valence-corrected chi connectivity index (χ1v) is 7.24. The first-order valence-electron chi connectivity index (χ1n) is 6.06. The van der Waals surface area contributed by atoms with Crippen molar-refractivity contribution in [2.75, 3.05) is 7.05 Å². The van der Waals surface area contributed by atoms with Crippen molar-refractivity contribution in [2.24, 2.45) is 0 Å². The highest BCUT2D eigenvalue weighted by molar-refractivity contribution is 9.10. The molecule has 0 amide bonds. The molecule has 21 heavy (non-hydrogen) atoms. The fourth-order valence-corrected chi connectivity index (χ4v) is 2.40. The van der Waals surface area contributed by atoms with Crippen LogP contribution < -0.4 is 10.1 Å². The van der Waals surface area contributed by atoms with Gasteiger partial charge in [-0.3, -0.25) is 10.1 Å². The predicted octanol–water partition coefficient (Wildman–Crippen LogP) is 4.52. The number of halogens is 2. The standard InChI is InChI=1S/C14H12BrClN2O3/c1-17-8-10-11(16)3-2-4-13(10)21-14-6-5-9(15)7-12(14)18(19)20/h2-7,17H,8H2,1H3.